The van der Waals surface area contributed by atoms with Crippen molar-refractivity contribution in [2.75, 3.05) is 0 Å². The van der Waals surface area contributed by atoms with Gasteiger partial charge in [-0.2, -0.15) is 5.26 Å². The van der Waals surface area contributed by atoms with Gasteiger partial charge >= 0.3 is 0 Å². The van der Waals surface area contributed by atoms with E-state index in [2.05, 4.69) is 0 Å². The third-order valence-corrected chi connectivity index (χ3v) is 2.42. The van der Waals surface area contributed by atoms with Gasteiger partial charge in [-0.05, 0) is 11.6 Å². The Labute approximate surface area is 97.9 Å². The van der Waals surface area contributed by atoms with E-state index >= 15 is 0 Å². The summed E-state index contributed by atoms with van der Waals surface area (Å²) in [7, 11) is 0. The number of nitro benzene ring substituents is 1. The zero-order chi connectivity index (χ0) is 12.3. The van der Waals surface area contributed by atoms with Crippen LogP contribution < -0.4 is 0 Å². The topological polar surface area (TPSA) is 66.9 Å². The van der Waals surface area contributed by atoms with Crippen LogP contribution in [0.15, 0.2) is 48.5 Å². The van der Waals surface area contributed by atoms with Crippen LogP contribution in [0, 0.1) is 21.4 Å². The summed E-state index contributed by atoms with van der Waals surface area (Å²) in [5.41, 5.74) is 1.32. The summed E-state index contributed by atoms with van der Waals surface area (Å²) in [6.45, 7) is 0. The first-order chi connectivity index (χ1) is 8.24. The molecule has 0 aliphatic rings. The van der Waals surface area contributed by atoms with Gasteiger partial charge in [0.25, 0.3) is 5.69 Å². The lowest BCUT2D eigenvalue weighted by atomic mass is 9.98. The molecule has 4 nitrogen and oxygen atoms in total. The minimum absolute atomic E-state index is 0.0461. The van der Waals surface area contributed by atoms with E-state index in [9.17, 15) is 10.1 Å². The van der Waals surface area contributed by atoms with E-state index in [1.54, 1.807) is 30.3 Å². The Balaban J connectivity index is 2.75. The van der Waals surface area contributed by atoms with Crippen LogP contribution in [0.4, 0.5) is 5.69 Å². The predicted octanol–water partition coefficient (Wildman–Crippen LogP) is 3.13. The maximum Gasteiger partial charge on any atom is 0.278 e. The van der Waals surface area contributed by atoms with Crippen molar-refractivity contribution in [3.63, 3.8) is 0 Å². The Bertz CT molecular complexity index is 601. The standard InChI is InChI=1S/C13H8N2O2/c14-9-11-7-4-8-12(15(16)17)13(11)10-5-2-1-3-6-10/h1-8H. The minimum atomic E-state index is -0.469. The summed E-state index contributed by atoms with van der Waals surface area (Å²) in [6, 6.07) is 15.4. The van der Waals surface area contributed by atoms with E-state index < -0.39 is 4.92 Å². The second-order valence-electron chi connectivity index (χ2n) is 3.43. The summed E-state index contributed by atoms with van der Waals surface area (Å²) in [6.07, 6.45) is 0. The van der Waals surface area contributed by atoms with Crippen LogP contribution in [0.1, 0.15) is 5.56 Å². The molecule has 17 heavy (non-hydrogen) atoms. The largest absolute Gasteiger partial charge is 0.278 e. The fourth-order valence-corrected chi connectivity index (χ4v) is 1.69. The second-order valence-corrected chi connectivity index (χ2v) is 3.43. The normalized spacial score (nSPS) is 9.59. The van der Waals surface area contributed by atoms with E-state index in [4.69, 9.17) is 5.26 Å². The monoisotopic (exact) mass is 224 g/mol. The van der Waals surface area contributed by atoms with Gasteiger partial charge in [-0.1, -0.05) is 36.4 Å². The number of benzene rings is 2. The number of nitro groups is 1. The number of nitrogens with zero attached hydrogens (tertiary/aromatic N) is 2. The minimum Gasteiger partial charge on any atom is -0.258 e. The van der Waals surface area contributed by atoms with Crippen LogP contribution in [0.2, 0.25) is 0 Å². The SMILES string of the molecule is N#Cc1cccc([N+](=O)[O-])c1-c1ccccc1. The highest BCUT2D eigenvalue weighted by molar-refractivity contribution is 5.79. The highest BCUT2D eigenvalue weighted by atomic mass is 16.6. The molecular weight excluding hydrogens is 216 g/mol. The molecule has 0 radical (unpaired) electrons. The van der Waals surface area contributed by atoms with Gasteiger partial charge in [0, 0.05) is 6.07 Å². The molecular formula is C13H8N2O2. The van der Waals surface area contributed by atoms with Crippen molar-refractivity contribution < 1.29 is 4.92 Å². The van der Waals surface area contributed by atoms with Gasteiger partial charge in [-0.15, -0.1) is 0 Å². The molecule has 0 atom stereocenters. The van der Waals surface area contributed by atoms with Crippen molar-refractivity contribution in [3.8, 4) is 17.2 Å². The number of rotatable bonds is 2. The van der Waals surface area contributed by atoms with Crippen LogP contribution in [-0.2, 0) is 0 Å². The van der Waals surface area contributed by atoms with Crippen molar-refractivity contribution >= 4 is 5.69 Å². The van der Waals surface area contributed by atoms with Crippen molar-refractivity contribution in [1.82, 2.24) is 0 Å². The molecule has 0 amide bonds. The van der Waals surface area contributed by atoms with Gasteiger partial charge < -0.3 is 0 Å². The first kappa shape index (κ1) is 10.8. The molecule has 2 aromatic carbocycles. The molecule has 2 aromatic rings. The Morgan fingerprint density at radius 2 is 1.76 bits per heavy atom. The molecule has 0 saturated carbocycles. The lowest BCUT2D eigenvalue weighted by molar-refractivity contribution is -0.384. The van der Waals surface area contributed by atoms with Gasteiger partial charge in [0.15, 0.2) is 0 Å². The van der Waals surface area contributed by atoms with E-state index in [1.165, 1.54) is 12.1 Å². The highest BCUT2D eigenvalue weighted by Crippen LogP contribution is 2.32. The molecule has 4 heteroatoms. The summed E-state index contributed by atoms with van der Waals surface area (Å²) >= 11 is 0. The quantitative estimate of drug-likeness (QED) is 0.581. The third kappa shape index (κ3) is 1.99. The molecule has 0 bridgehead atoms. The van der Waals surface area contributed by atoms with Gasteiger partial charge in [-0.25, -0.2) is 0 Å². The zero-order valence-electron chi connectivity index (χ0n) is 8.83. The number of hydrogen-bond donors (Lipinski definition) is 0. The first-order valence-corrected chi connectivity index (χ1v) is 4.97. The summed E-state index contributed by atoms with van der Waals surface area (Å²) in [4.78, 5) is 10.5. The molecule has 0 spiro atoms. The molecule has 82 valence electrons. The molecule has 0 N–H and O–H groups in total. The summed E-state index contributed by atoms with van der Waals surface area (Å²) in [5, 5.41) is 20.0. The van der Waals surface area contributed by atoms with Crippen LogP contribution in [0.5, 0.6) is 0 Å². The molecule has 0 aromatic heterocycles. The Morgan fingerprint density at radius 3 is 2.35 bits per heavy atom. The third-order valence-electron chi connectivity index (χ3n) is 2.42. The maximum absolute atomic E-state index is 11.0. The van der Waals surface area contributed by atoms with Crippen LogP contribution in [0.3, 0.4) is 0 Å². The van der Waals surface area contributed by atoms with Crippen molar-refractivity contribution in [3.05, 3.63) is 64.2 Å². The molecule has 0 aliphatic carbocycles. The molecule has 0 aliphatic heterocycles. The summed E-state index contributed by atoms with van der Waals surface area (Å²) < 4.78 is 0. The Kier molecular flexibility index (Phi) is 2.84. The fourth-order valence-electron chi connectivity index (χ4n) is 1.69. The van der Waals surface area contributed by atoms with Gasteiger partial charge in [0.05, 0.1) is 16.1 Å². The average molecular weight is 224 g/mol. The van der Waals surface area contributed by atoms with E-state index in [1.807, 2.05) is 12.1 Å². The number of hydrogen-bond acceptors (Lipinski definition) is 3. The van der Waals surface area contributed by atoms with Crippen molar-refractivity contribution in [2.45, 2.75) is 0 Å². The lowest BCUT2D eigenvalue weighted by Crippen LogP contribution is -1.94. The molecule has 0 fully saturated rings. The fraction of sp³-hybridized carbons (Fsp3) is 0. The highest BCUT2D eigenvalue weighted by Gasteiger charge is 2.18. The Hall–Kier alpha value is -2.67. The smallest absolute Gasteiger partial charge is 0.258 e. The molecule has 2 rings (SSSR count). The summed E-state index contributed by atoms with van der Waals surface area (Å²) in [5.74, 6) is 0. The lowest BCUT2D eigenvalue weighted by Gasteiger charge is -2.04. The number of nitriles is 1. The van der Waals surface area contributed by atoms with Gasteiger partial charge in [-0.3, -0.25) is 10.1 Å². The van der Waals surface area contributed by atoms with Gasteiger partial charge in [0.2, 0.25) is 0 Å². The van der Waals surface area contributed by atoms with E-state index in [0.717, 1.165) is 0 Å². The maximum atomic E-state index is 11.0. The molecule has 0 heterocycles. The zero-order valence-corrected chi connectivity index (χ0v) is 8.83. The average Bonchev–Trinajstić information content (AvgIpc) is 2.38. The second kappa shape index (κ2) is 4.45. The molecule has 0 saturated heterocycles. The van der Waals surface area contributed by atoms with Crippen molar-refractivity contribution in [1.29, 1.82) is 5.26 Å². The molecule has 0 unspecified atom stereocenters. The van der Waals surface area contributed by atoms with E-state index in [0.29, 0.717) is 16.7 Å². The predicted molar refractivity (Wildman–Crippen MR) is 63.2 cm³/mol. The first-order valence-electron chi connectivity index (χ1n) is 4.97. The van der Waals surface area contributed by atoms with Gasteiger partial charge in [0.1, 0.15) is 6.07 Å². The van der Waals surface area contributed by atoms with Crippen LogP contribution in [-0.4, -0.2) is 4.92 Å². The van der Waals surface area contributed by atoms with Crippen LogP contribution in [0.25, 0.3) is 11.1 Å². The van der Waals surface area contributed by atoms with E-state index in [-0.39, 0.29) is 5.69 Å². The van der Waals surface area contributed by atoms with Crippen molar-refractivity contribution in [2.24, 2.45) is 0 Å². The van der Waals surface area contributed by atoms with Crippen LogP contribution >= 0.6 is 0 Å². The Morgan fingerprint density at radius 1 is 1.06 bits per heavy atom.